The number of nitriles is 1. The Labute approximate surface area is 157 Å². The van der Waals surface area contributed by atoms with Crippen molar-refractivity contribution in [1.82, 2.24) is 9.97 Å². The number of imidazole rings is 1. The first kappa shape index (κ1) is 17.5. The molecule has 0 fully saturated rings. The van der Waals surface area contributed by atoms with E-state index in [2.05, 4.69) is 16.0 Å². The standard InChI is InChI=1S/C21H15N3O.ClH/c1-14-6-8-15(9-7-14)20-11-10-17(25-20)12-16(13-22)21-23-18-4-2-3-5-19(18)24-21;/h2-12H,1H3,(H,23,24);1H/p-1/b16-12+;. The van der Waals surface area contributed by atoms with Gasteiger partial charge in [0.05, 0.1) is 16.6 Å². The number of aryl methyl sites for hydroxylation is 1. The van der Waals surface area contributed by atoms with Gasteiger partial charge >= 0.3 is 0 Å². The van der Waals surface area contributed by atoms with E-state index < -0.39 is 0 Å². The number of hydrogen-bond donors (Lipinski definition) is 1. The molecule has 0 spiro atoms. The van der Waals surface area contributed by atoms with E-state index in [0.29, 0.717) is 17.2 Å². The van der Waals surface area contributed by atoms with Gasteiger partial charge < -0.3 is 21.8 Å². The van der Waals surface area contributed by atoms with E-state index in [4.69, 9.17) is 4.42 Å². The molecule has 0 aliphatic heterocycles. The van der Waals surface area contributed by atoms with Gasteiger partial charge in [0, 0.05) is 11.6 Å². The summed E-state index contributed by atoms with van der Waals surface area (Å²) in [6.45, 7) is 2.05. The summed E-state index contributed by atoms with van der Waals surface area (Å²) >= 11 is 0. The van der Waals surface area contributed by atoms with Crippen molar-refractivity contribution < 1.29 is 16.8 Å². The Hall–Kier alpha value is -3.29. The highest BCUT2D eigenvalue weighted by molar-refractivity contribution is 5.89. The average Bonchev–Trinajstić information content (AvgIpc) is 3.27. The minimum Gasteiger partial charge on any atom is -1.00 e. The molecule has 4 rings (SSSR count). The largest absolute Gasteiger partial charge is 1.00 e. The summed E-state index contributed by atoms with van der Waals surface area (Å²) < 4.78 is 5.87. The topological polar surface area (TPSA) is 65.6 Å². The Morgan fingerprint density at radius 1 is 1.08 bits per heavy atom. The number of aromatic amines is 1. The summed E-state index contributed by atoms with van der Waals surface area (Å²) in [5.74, 6) is 1.93. The molecule has 2 aromatic carbocycles. The molecule has 0 unspecified atom stereocenters. The molecule has 1 N–H and O–H groups in total. The number of furan rings is 1. The summed E-state index contributed by atoms with van der Waals surface area (Å²) in [7, 11) is 0. The van der Waals surface area contributed by atoms with Gasteiger partial charge in [-0.15, -0.1) is 0 Å². The molecule has 2 heterocycles. The summed E-state index contributed by atoms with van der Waals surface area (Å²) in [5.41, 5.74) is 4.37. The molecule has 0 saturated heterocycles. The van der Waals surface area contributed by atoms with E-state index in [1.54, 1.807) is 6.08 Å². The van der Waals surface area contributed by atoms with Crippen molar-refractivity contribution in [2.75, 3.05) is 0 Å². The van der Waals surface area contributed by atoms with Crippen LogP contribution in [0.5, 0.6) is 0 Å². The minimum absolute atomic E-state index is 0. The Balaban J connectivity index is 0.00000196. The van der Waals surface area contributed by atoms with Crippen LogP contribution in [-0.4, -0.2) is 9.97 Å². The van der Waals surface area contributed by atoms with Gasteiger partial charge in [-0.1, -0.05) is 42.0 Å². The highest BCUT2D eigenvalue weighted by atomic mass is 35.5. The van der Waals surface area contributed by atoms with Crippen molar-refractivity contribution in [3.63, 3.8) is 0 Å². The van der Waals surface area contributed by atoms with Crippen molar-refractivity contribution >= 4 is 22.7 Å². The van der Waals surface area contributed by atoms with Gasteiger partial charge in [-0.3, -0.25) is 0 Å². The third kappa shape index (κ3) is 3.39. The predicted molar refractivity (Wildman–Crippen MR) is 98.5 cm³/mol. The second-order valence-electron chi connectivity index (χ2n) is 5.84. The third-order valence-electron chi connectivity index (χ3n) is 4.01. The zero-order chi connectivity index (χ0) is 17.2. The van der Waals surface area contributed by atoms with Crippen LogP contribution < -0.4 is 12.4 Å². The second-order valence-corrected chi connectivity index (χ2v) is 5.84. The van der Waals surface area contributed by atoms with Gasteiger partial charge in [-0.25, -0.2) is 4.98 Å². The number of halogens is 1. The molecule has 0 atom stereocenters. The number of aromatic nitrogens is 2. The third-order valence-corrected chi connectivity index (χ3v) is 4.01. The molecule has 5 heteroatoms. The van der Waals surface area contributed by atoms with Crippen molar-refractivity contribution in [2.24, 2.45) is 0 Å². The van der Waals surface area contributed by atoms with E-state index in [1.807, 2.05) is 67.6 Å². The Bertz CT molecular complexity index is 1080. The second kappa shape index (κ2) is 7.30. The molecule has 4 nitrogen and oxygen atoms in total. The molecule has 0 amide bonds. The molecule has 0 bridgehead atoms. The number of H-pyrrole nitrogens is 1. The van der Waals surface area contributed by atoms with Crippen LogP contribution in [-0.2, 0) is 0 Å². The molecule has 0 aliphatic carbocycles. The zero-order valence-electron chi connectivity index (χ0n) is 14.0. The smallest absolute Gasteiger partial charge is 0.149 e. The van der Waals surface area contributed by atoms with Crippen LogP contribution in [0.3, 0.4) is 0 Å². The van der Waals surface area contributed by atoms with Gasteiger partial charge in [-0.2, -0.15) is 5.26 Å². The Kier molecular flexibility index (Phi) is 4.92. The van der Waals surface area contributed by atoms with E-state index >= 15 is 0 Å². The molecule has 4 aromatic rings. The van der Waals surface area contributed by atoms with Crippen LogP contribution in [0.2, 0.25) is 0 Å². The fourth-order valence-corrected chi connectivity index (χ4v) is 2.68. The maximum atomic E-state index is 9.50. The number of hydrogen-bond acceptors (Lipinski definition) is 3. The van der Waals surface area contributed by atoms with Crippen LogP contribution in [0, 0.1) is 18.3 Å². The van der Waals surface area contributed by atoms with Crippen LogP contribution in [0.1, 0.15) is 17.1 Å². The minimum atomic E-state index is 0. The number of rotatable bonds is 3. The SMILES string of the molecule is Cc1ccc(-c2ccc(/C=C(\C#N)c3nc4ccccc4[nH]3)o2)cc1.[Cl-]. The number of benzene rings is 2. The average molecular weight is 361 g/mol. The fraction of sp³-hybridized carbons (Fsp3) is 0.0476. The summed E-state index contributed by atoms with van der Waals surface area (Å²) in [6, 6.07) is 21.8. The van der Waals surface area contributed by atoms with Crippen LogP contribution in [0.15, 0.2) is 65.1 Å². The van der Waals surface area contributed by atoms with E-state index in [1.165, 1.54) is 5.56 Å². The van der Waals surface area contributed by atoms with E-state index in [0.717, 1.165) is 22.4 Å². The number of fused-ring (bicyclic) bond motifs is 1. The first-order valence-corrected chi connectivity index (χ1v) is 7.97. The lowest BCUT2D eigenvalue weighted by Crippen LogP contribution is -3.00. The maximum absolute atomic E-state index is 9.50. The Morgan fingerprint density at radius 3 is 2.58 bits per heavy atom. The van der Waals surface area contributed by atoms with Crippen molar-refractivity contribution in [1.29, 1.82) is 5.26 Å². The van der Waals surface area contributed by atoms with Gasteiger partial charge in [0.15, 0.2) is 0 Å². The van der Waals surface area contributed by atoms with Gasteiger partial charge in [0.2, 0.25) is 0 Å². The monoisotopic (exact) mass is 360 g/mol. The van der Waals surface area contributed by atoms with Crippen molar-refractivity contribution in [2.45, 2.75) is 6.92 Å². The zero-order valence-corrected chi connectivity index (χ0v) is 14.8. The lowest BCUT2D eigenvalue weighted by Gasteiger charge is -1.97. The van der Waals surface area contributed by atoms with Gasteiger partial charge in [0.1, 0.15) is 23.4 Å². The van der Waals surface area contributed by atoms with Crippen LogP contribution in [0.25, 0.3) is 34.0 Å². The number of allylic oxidation sites excluding steroid dienone is 1. The number of nitrogens with one attached hydrogen (secondary N) is 1. The number of nitrogens with zero attached hydrogens (tertiary/aromatic N) is 2. The Morgan fingerprint density at radius 2 is 1.85 bits per heavy atom. The molecule has 0 radical (unpaired) electrons. The lowest BCUT2D eigenvalue weighted by molar-refractivity contribution is -0.00000580. The molecule has 2 aromatic heterocycles. The summed E-state index contributed by atoms with van der Waals surface area (Å²) in [5, 5.41) is 9.50. The maximum Gasteiger partial charge on any atom is 0.149 e. The quantitative estimate of drug-likeness (QED) is 0.570. The highest BCUT2D eigenvalue weighted by Gasteiger charge is 2.09. The van der Waals surface area contributed by atoms with E-state index in [9.17, 15) is 5.26 Å². The lowest BCUT2D eigenvalue weighted by atomic mass is 10.1. The molecule has 26 heavy (non-hydrogen) atoms. The van der Waals surface area contributed by atoms with Crippen LogP contribution >= 0.6 is 0 Å². The van der Waals surface area contributed by atoms with Crippen molar-refractivity contribution in [3.8, 4) is 17.4 Å². The molecule has 0 saturated carbocycles. The molecule has 0 aliphatic rings. The first-order valence-electron chi connectivity index (χ1n) is 7.97. The first-order chi connectivity index (χ1) is 12.2. The normalized spacial score (nSPS) is 11.2. The highest BCUT2D eigenvalue weighted by Crippen LogP contribution is 2.25. The van der Waals surface area contributed by atoms with Crippen LogP contribution in [0.4, 0.5) is 0 Å². The van der Waals surface area contributed by atoms with Crippen molar-refractivity contribution in [3.05, 3.63) is 77.8 Å². The predicted octanol–water partition coefficient (Wildman–Crippen LogP) is 2.20. The molecular formula is C21H15ClN3O-. The molecule has 128 valence electrons. The van der Waals surface area contributed by atoms with E-state index in [-0.39, 0.29) is 12.4 Å². The summed E-state index contributed by atoms with van der Waals surface area (Å²) in [6.07, 6.45) is 1.70. The summed E-state index contributed by atoms with van der Waals surface area (Å²) in [4.78, 5) is 7.63. The van der Waals surface area contributed by atoms with Gasteiger partial charge in [0.25, 0.3) is 0 Å². The van der Waals surface area contributed by atoms with Gasteiger partial charge in [-0.05, 0) is 31.2 Å². The number of para-hydroxylation sites is 2. The molecular weight excluding hydrogens is 346 g/mol. The fourth-order valence-electron chi connectivity index (χ4n) is 2.68.